The topological polar surface area (TPSA) is 129 Å². The van der Waals surface area contributed by atoms with Crippen molar-refractivity contribution >= 4 is 24.4 Å². The molecule has 164 valence electrons. The first-order chi connectivity index (χ1) is 14.6. The summed E-state index contributed by atoms with van der Waals surface area (Å²) in [5.41, 5.74) is 3.36. The van der Waals surface area contributed by atoms with E-state index in [1.165, 1.54) is 6.34 Å². The van der Waals surface area contributed by atoms with E-state index in [0.717, 1.165) is 18.3 Å². The molecule has 1 aromatic rings. The molecule has 0 spiro atoms. The number of rotatable bonds is 12. The normalized spacial score (nSPS) is 18.2. The predicted molar refractivity (Wildman–Crippen MR) is 116 cm³/mol. The van der Waals surface area contributed by atoms with Crippen molar-refractivity contribution in [3.63, 3.8) is 0 Å². The lowest BCUT2D eigenvalue weighted by Crippen LogP contribution is -2.54. The summed E-state index contributed by atoms with van der Waals surface area (Å²) in [6.45, 7) is 1.04. The number of aliphatic imine (C=N–C) groups is 1. The first-order valence-electron chi connectivity index (χ1n) is 10.3. The zero-order valence-corrected chi connectivity index (χ0v) is 17.4. The number of likely N-dealkylation sites (N-methyl/N-ethyl adjacent to an activating group) is 1. The summed E-state index contributed by atoms with van der Waals surface area (Å²) in [7, 11) is 1.75. The second-order valence-corrected chi connectivity index (χ2v) is 7.32. The second-order valence-electron chi connectivity index (χ2n) is 7.32. The van der Waals surface area contributed by atoms with Gasteiger partial charge in [0.2, 0.25) is 11.8 Å². The molecule has 0 bridgehead atoms. The van der Waals surface area contributed by atoms with E-state index in [2.05, 4.69) is 21.1 Å². The Balaban J connectivity index is 1.93. The summed E-state index contributed by atoms with van der Waals surface area (Å²) in [4.78, 5) is 42.9. The largest absolute Gasteiger partial charge is 0.345 e. The minimum absolute atomic E-state index is 0.0923. The summed E-state index contributed by atoms with van der Waals surface area (Å²) in [6, 6.07) is 8.23. The van der Waals surface area contributed by atoms with Gasteiger partial charge in [0.25, 0.3) is 0 Å². The van der Waals surface area contributed by atoms with Crippen LogP contribution in [0.25, 0.3) is 0 Å². The third kappa shape index (κ3) is 6.93. The van der Waals surface area contributed by atoms with Crippen LogP contribution in [0.5, 0.6) is 0 Å². The van der Waals surface area contributed by atoms with Gasteiger partial charge in [-0.25, -0.2) is 5.84 Å². The summed E-state index contributed by atoms with van der Waals surface area (Å²) < 4.78 is 0. The smallest absolute Gasteiger partial charge is 0.243 e. The zero-order valence-electron chi connectivity index (χ0n) is 17.4. The van der Waals surface area contributed by atoms with Crippen molar-refractivity contribution in [2.75, 3.05) is 20.1 Å². The van der Waals surface area contributed by atoms with E-state index in [-0.39, 0.29) is 11.8 Å². The Morgan fingerprint density at radius 2 is 2.10 bits per heavy atom. The average Bonchev–Trinajstić information content (AvgIpc) is 3.26. The number of benzene rings is 1. The Hall–Kier alpha value is -2.78. The van der Waals surface area contributed by atoms with Crippen LogP contribution in [0.2, 0.25) is 0 Å². The van der Waals surface area contributed by atoms with Gasteiger partial charge < -0.3 is 25.8 Å². The second kappa shape index (κ2) is 12.7. The number of likely N-dealkylation sites (tertiary alicyclic amines) is 1. The molecule has 1 saturated heterocycles. The van der Waals surface area contributed by atoms with Crippen molar-refractivity contribution in [3.05, 3.63) is 35.9 Å². The number of aldehydes is 1. The fraction of sp³-hybridized carbons (Fsp3) is 0.524. The van der Waals surface area contributed by atoms with Crippen LogP contribution >= 0.6 is 0 Å². The maximum Gasteiger partial charge on any atom is 0.243 e. The van der Waals surface area contributed by atoms with Gasteiger partial charge in [-0.3, -0.25) is 14.6 Å². The molecule has 1 fully saturated rings. The minimum atomic E-state index is -0.597. The number of carbonyl (C=O) groups is 3. The molecule has 9 nitrogen and oxygen atoms in total. The Kier molecular flexibility index (Phi) is 9.96. The highest BCUT2D eigenvalue weighted by Gasteiger charge is 2.37. The van der Waals surface area contributed by atoms with E-state index in [0.29, 0.717) is 38.8 Å². The van der Waals surface area contributed by atoms with Crippen molar-refractivity contribution in [1.29, 1.82) is 0 Å². The number of hydrogen-bond donors (Lipinski definition) is 4. The lowest BCUT2D eigenvalue weighted by molar-refractivity contribution is -0.140. The van der Waals surface area contributed by atoms with Gasteiger partial charge in [-0.15, -0.1) is 0 Å². The molecule has 30 heavy (non-hydrogen) atoms. The highest BCUT2D eigenvalue weighted by atomic mass is 16.2. The number of hydrogen-bond acceptors (Lipinski definition) is 6. The fourth-order valence-electron chi connectivity index (χ4n) is 3.64. The molecule has 2 amide bonds. The maximum atomic E-state index is 13.1. The summed E-state index contributed by atoms with van der Waals surface area (Å²) in [5.74, 6) is 4.72. The average molecular weight is 417 g/mol. The van der Waals surface area contributed by atoms with Crippen LogP contribution in [-0.2, 0) is 20.8 Å². The van der Waals surface area contributed by atoms with Gasteiger partial charge in [-0.05, 0) is 44.7 Å². The van der Waals surface area contributed by atoms with E-state index >= 15 is 0 Å². The van der Waals surface area contributed by atoms with Crippen LogP contribution in [0.3, 0.4) is 0 Å². The Labute approximate surface area is 177 Å². The molecule has 9 heteroatoms. The van der Waals surface area contributed by atoms with E-state index in [9.17, 15) is 14.4 Å². The molecule has 1 aromatic carbocycles. The van der Waals surface area contributed by atoms with Gasteiger partial charge in [-0.1, -0.05) is 30.3 Å². The SMILES string of the molecule is CNC(Cc1ccccc1)C(=O)N1CCCC1C(=O)NC(C=O)CCCN=CNN. The number of nitrogens with zero attached hydrogens (tertiary/aromatic N) is 2. The third-order valence-corrected chi connectivity index (χ3v) is 5.23. The fourth-order valence-corrected chi connectivity index (χ4v) is 3.64. The number of amides is 2. The molecule has 1 aliphatic rings. The number of hydrazine groups is 1. The van der Waals surface area contributed by atoms with Crippen LogP contribution in [-0.4, -0.2) is 67.6 Å². The van der Waals surface area contributed by atoms with Crippen molar-refractivity contribution in [3.8, 4) is 0 Å². The third-order valence-electron chi connectivity index (χ3n) is 5.23. The molecule has 0 aliphatic carbocycles. The van der Waals surface area contributed by atoms with E-state index in [1.54, 1.807) is 11.9 Å². The Bertz CT molecular complexity index is 712. The molecule has 3 unspecified atom stereocenters. The van der Waals surface area contributed by atoms with Gasteiger partial charge in [0.15, 0.2) is 0 Å². The van der Waals surface area contributed by atoms with Crippen LogP contribution in [0.1, 0.15) is 31.2 Å². The molecule has 0 aromatic heterocycles. The molecular formula is C21H32N6O3. The molecule has 3 atom stereocenters. The van der Waals surface area contributed by atoms with E-state index in [4.69, 9.17) is 5.84 Å². The molecule has 2 rings (SSSR count). The van der Waals surface area contributed by atoms with Crippen LogP contribution in [0.15, 0.2) is 35.3 Å². The van der Waals surface area contributed by atoms with Gasteiger partial charge in [0.05, 0.1) is 18.4 Å². The minimum Gasteiger partial charge on any atom is -0.345 e. The lowest BCUT2D eigenvalue weighted by atomic mass is 10.0. The molecule has 0 saturated carbocycles. The maximum absolute atomic E-state index is 13.1. The van der Waals surface area contributed by atoms with Gasteiger partial charge in [0, 0.05) is 13.1 Å². The van der Waals surface area contributed by atoms with Crippen LogP contribution in [0.4, 0.5) is 0 Å². The highest BCUT2D eigenvalue weighted by molar-refractivity contribution is 5.91. The zero-order chi connectivity index (χ0) is 21.8. The van der Waals surface area contributed by atoms with Gasteiger partial charge in [0.1, 0.15) is 12.3 Å². The van der Waals surface area contributed by atoms with Gasteiger partial charge >= 0.3 is 0 Å². The molecule has 1 heterocycles. The standard InChI is InChI=1S/C21H32N6O3/c1-23-18(13-16-7-3-2-4-8-16)21(30)27-12-6-10-19(27)20(29)26-17(14-28)9-5-11-24-15-25-22/h2-4,7-8,14-15,17-19,23H,5-6,9-13,22H2,1H3,(H,24,25)(H,26,29). The summed E-state index contributed by atoms with van der Waals surface area (Å²) in [6.07, 6.45) is 5.13. The Morgan fingerprint density at radius 1 is 1.33 bits per heavy atom. The van der Waals surface area contributed by atoms with Crippen molar-refractivity contribution in [2.24, 2.45) is 10.8 Å². The van der Waals surface area contributed by atoms with E-state index in [1.807, 2.05) is 30.3 Å². The van der Waals surface area contributed by atoms with Crippen molar-refractivity contribution in [1.82, 2.24) is 21.0 Å². The number of nitrogens with two attached hydrogens (primary N) is 1. The van der Waals surface area contributed by atoms with Crippen molar-refractivity contribution in [2.45, 2.75) is 50.2 Å². The van der Waals surface area contributed by atoms with Crippen LogP contribution in [0, 0.1) is 0 Å². The molecule has 1 aliphatic heterocycles. The lowest BCUT2D eigenvalue weighted by Gasteiger charge is -2.29. The summed E-state index contributed by atoms with van der Waals surface area (Å²) >= 11 is 0. The quantitative estimate of drug-likeness (QED) is 0.0930. The first-order valence-corrected chi connectivity index (χ1v) is 10.3. The Morgan fingerprint density at radius 3 is 2.77 bits per heavy atom. The highest BCUT2D eigenvalue weighted by Crippen LogP contribution is 2.20. The first kappa shape index (κ1) is 23.5. The molecular weight excluding hydrogens is 384 g/mol. The van der Waals surface area contributed by atoms with E-state index < -0.39 is 18.1 Å². The number of carbonyl (C=O) groups excluding carboxylic acids is 3. The number of nitrogens with one attached hydrogen (secondary N) is 3. The van der Waals surface area contributed by atoms with Crippen molar-refractivity contribution < 1.29 is 14.4 Å². The van der Waals surface area contributed by atoms with Gasteiger partial charge in [-0.2, -0.15) is 0 Å². The van der Waals surface area contributed by atoms with Crippen LogP contribution < -0.4 is 21.9 Å². The molecule has 0 radical (unpaired) electrons. The molecule has 5 N–H and O–H groups in total. The monoisotopic (exact) mass is 416 g/mol. The summed E-state index contributed by atoms with van der Waals surface area (Å²) in [5, 5.41) is 5.85. The predicted octanol–water partition coefficient (Wildman–Crippen LogP) is -0.236.